The molecule has 2 amide bonds. The zero-order valence-corrected chi connectivity index (χ0v) is 12.9. The van der Waals surface area contributed by atoms with E-state index in [1.807, 2.05) is 6.92 Å². The largest absolute Gasteiger partial charge is 0.352 e. The van der Waals surface area contributed by atoms with E-state index >= 15 is 0 Å². The van der Waals surface area contributed by atoms with Crippen molar-refractivity contribution >= 4 is 29.9 Å². The lowest BCUT2D eigenvalue weighted by molar-refractivity contribution is -0.120. The van der Waals surface area contributed by atoms with Gasteiger partial charge in [-0.05, 0) is 44.0 Å². The van der Waals surface area contributed by atoms with Gasteiger partial charge in [0.15, 0.2) is 0 Å². The van der Waals surface area contributed by atoms with Gasteiger partial charge in [-0.1, -0.05) is 6.42 Å². The first-order valence-corrected chi connectivity index (χ1v) is 7.06. The average molecular weight is 312 g/mol. The maximum atomic E-state index is 12.1. The number of amides is 2. The molecule has 0 bridgehead atoms. The predicted molar refractivity (Wildman–Crippen MR) is 85.6 cm³/mol. The lowest BCUT2D eigenvalue weighted by atomic mass is 10.0. The zero-order chi connectivity index (χ0) is 14.5. The Morgan fingerprint density at radius 3 is 2.43 bits per heavy atom. The van der Waals surface area contributed by atoms with Crippen LogP contribution in [0, 0.1) is 5.92 Å². The maximum Gasteiger partial charge on any atom is 0.251 e. The smallest absolute Gasteiger partial charge is 0.251 e. The summed E-state index contributed by atoms with van der Waals surface area (Å²) in [5, 5.41) is 5.59. The quantitative estimate of drug-likeness (QED) is 0.794. The maximum absolute atomic E-state index is 12.1. The first kappa shape index (κ1) is 17.5. The molecule has 5 nitrogen and oxygen atoms in total. The molecule has 1 fully saturated rings. The van der Waals surface area contributed by atoms with Crippen LogP contribution in [0.5, 0.6) is 0 Å². The van der Waals surface area contributed by atoms with Crippen molar-refractivity contribution in [3.63, 3.8) is 0 Å². The molecule has 1 aromatic carbocycles. The Labute approximate surface area is 131 Å². The summed E-state index contributed by atoms with van der Waals surface area (Å²) in [5.41, 5.74) is 7.20. The summed E-state index contributed by atoms with van der Waals surface area (Å²) in [6.07, 6.45) is 2.77. The molecule has 0 radical (unpaired) electrons. The molecule has 1 aromatic rings. The summed E-state index contributed by atoms with van der Waals surface area (Å²) < 4.78 is 0. The Bertz CT molecular complexity index is 490. The lowest BCUT2D eigenvalue weighted by Crippen LogP contribution is -2.34. The van der Waals surface area contributed by atoms with Gasteiger partial charge in [0.25, 0.3) is 5.91 Å². The number of benzene rings is 1. The van der Waals surface area contributed by atoms with Crippen LogP contribution >= 0.6 is 12.4 Å². The van der Waals surface area contributed by atoms with E-state index in [1.54, 1.807) is 24.3 Å². The molecule has 0 aliphatic heterocycles. The third-order valence-electron chi connectivity index (χ3n) is 3.66. The first-order chi connectivity index (χ1) is 9.61. The van der Waals surface area contributed by atoms with Crippen LogP contribution < -0.4 is 16.4 Å². The SMILES string of the molecule is CCNC(=O)c1ccc(NC(=O)C2CCCC2N)cc1.Cl. The highest BCUT2D eigenvalue weighted by Crippen LogP contribution is 2.25. The van der Waals surface area contributed by atoms with Crippen LogP contribution in [0.2, 0.25) is 0 Å². The second-order valence-corrected chi connectivity index (χ2v) is 5.13. The number of rotatable bonds is 4. The van der Waals surface area contributed by atoms with E-state index in [0.717, 1.165) is 19.3 Å². The number of halogens is 1. The van der Waals surface area contributed by atoms with Crippen LogP contribution in [-0.2, 0) is 4.79 Å². The minimum atomic E-state index is -0.108. The highest BCUT2D eigenvalue weighted by Gasteiger charge is 2.30. The summed E-state index contributed by atoms with van der Waals surface area (Å²) in [4.78, 5) is 23.7. The van der Waals surface area contributed by atoms with E-state index < -0.39 is 0 Å². The summed E-state index contributed by atoms with van der Waals surface area (Å²) in [6, 6.07) is 6.85. The number of hydrogen-bond acceptors (Lipinski definition) is 3. The molecular weight excluding hydrogens is 290 g/mol. The molecule has 1 aliphatic rings. The molecule has 1 aliphatic carbocycles. The summed E-state index contributed by atoms with van der Waals surface area (Å²) in [7, 11) is 0. The van der Waals surface area contributed by atoms with E-state index in [1.165, 1.54) is 0 Å². The zero-order valence-electron chi connectivity index (χ0n) is 12.1. The predicted octanol–water partition coefficient (Wildman–Crippen LogP) is 1.92. The highest BCUT2D eigenvalue weighted by molar-refractivity contribution is 5.96. The number of carbonyl (C=O) groups is 2. The third-order valence-corrected chi connectivity index (χ3v) is 3.66. The fourth-order valence-electron chi connectivity index (χ4n) is 2.52. The van der Waals surface area contributed by atoms with Crippen molar-refractivity contribution in [3.05, 3.63) is 29.8 Å². The van der Waals surface area contributed by atoms with Crippen LogP contribution in [0.3, 0.4) is 0 Å². The molecular formula is C15H22ClN3O2. The molecule has 2 unspecified atom stereocenters. The monoisotopic (exact) mass is 311 g/mol. The molecule has 1 saturated carbocycles. The number of carbonyl (C=O) groups excluding carboxylic acids is 2. The molecule has 4 N–H and O–H groups in total. The molecule has 0 spiro atoms. The minimum Gasteiger partial charge on any atom is -0.352 e. The van der Waals surface area contributed by atoms with Gasteiger partial charge in [0.1, 0.15) is 0 Å². The standard InChI is InChI=1S/C15H21N3O2.ClH/c1-2-17-14(19)10-6-8-11(9-7-10)18-15(20)12-4-3-5-13(12)16;/h6-9,12-13H,2-5,16H2,1H3,(H,17,19)(H,18,20);1H. The molecule has 116 valence electrons. The van der Waals surface area contributed by atoms with Crippen molar-refractivity contribution < 1.29 is 9.59 Å². The van der Waals surface area contributed by atoms with Crippen molar-refractivity contribution in [2.24, 2.45) is 11.7 Å². The number of nitrogens with two attached hydrogens (primary N) is 1. The lowest BCUT2D eigenvalue weighted by Gasteiger charge is -2.15. The molecule has 0 saturated heterocycles. The fourth-order valence-corrected chi connectivity index (χ4v) is 2.52. The second-order valence-electron chi connectivity index (χ2n) is 5.13. The second kappa shape index (κ2) is 8.00. The van der Waals surface area contributed by atoms with Gasteiger partial charge in [0, 0.05) is 23.8 Å². The normalized spacial score (nSPS) is 20.5. The van der Waals surface area contributed by atoms with Crippen molar-refractivity contribution in [2.75, 3.05) is 11.9 Å². The van der Waals surface area contributed by atoms with Crippen molar-refractivity contribution in [1.29, 1.82) is 0 Å². The van der Waals surface area contributed by atoms with E-state index in [0.29, 0.717) is 17.8 Å². The van der Waals surface area contributed by atoms with Crippen molar-refractivity contribution in [3.8, 4) is 0 Å². The van der Waals surface area contributed by atoms with Crippen LogP contribution in [0.4, 0.5) is 5.69 Å². The van der Waals surface area contributed by atoms with Gasteiger partial charge in [0.05, 0.1) is 5.92 Å². The molecule has 2 atom stereocenters. The first-order valence-electron chi connectivity index (χ1n) is 7.06. The van der Waals surface area contributed by atoms with E-state index in [4.69, 9.17) is 5.73 Å². The van der Waals surface area contributed by atoms with Crippen LogP contribution in [0.15, 0.2) is 24.3 Å². The Morgan fingerprint density at radius 1 is 1.24 bits per heavy atom. The molecule has 6 heteroatoms. The Morgan fingerprint density at radius 2 is 1.90 bits per heavy atom. The Hall–Kier alpha value is -1.59. The van der Waals surface area contributed by atoms with Crippen LogP contribution in [0.25, 0.3) is 0 Å². The molecule has 21 heavy (non-hydrogen) atoms. The molecule has 0 heterocycles. The third kappa shape index (κ3) is 4.44. The fraction of sp³-hybridized carbons (Fsp3) is 0.467. The van der Waals surface area contributed by atoms with E-state index in [-0.39, 0.29) is 36.2 Å². The number of nitrogens with one attached hydrogen (secondary N) is 2. The number of hydrogen-bond donors (Lipinski definition) is 3. The Balaban J connectivity index is 0.00000220. The van der Waals surface area contributed by atoms with Gasteiger partial charge < -0.3 is 16.4 Å². The van der Waals surface area contributed by atoms with Gasteiger partial charge in [-0.2, -0.15) is 0 Å². The van der Waals surface area contributed by atoms with Crippen LogP contribution in [0.1, 0.15) is 36.5 Å². The van der Waals surface area contributed by atoms with Crippen molar-refractivity contribution in [2.45, 2.75) is 32.2 Å². The molecule has 0 aromatic heterocycles. The number of anilines is 1. The van der Waals surface area contributed by atoms with Gasteiger partial charge in [0.2, 0.25) is 5.91 Å². The van der Waals surface area contributed by atoms with Crippen molar-refractivity contribution in [1.82, 2.24) is 5.32 Å². The van der Waals surface area contributed by atoms with Gasteiger partial charge in [-0.15, -0.1) is 12.4 Å². The van der Waals surface area contributed by atoms with Gasteiger partial charge in [-0.25, -0.2) is 0 Å². The summed E-state index contributed by atoms with van der Waals surface area (Å²) in [5.74, 6) is -0.234. The van der Waals surface area contributed by atoms with E-state index in [2.05, 4.69) is 10.6 Å². The average Bonchev–Trinajstić information content (AvgIpc) is 2.86. The Kier molecular flexibility index (Phi) is 6.65. The van der Waals surface area contributed by atoms with Crippen LogP contribution in [-0.4, -0.2) is 24.4 Å². The summed E-state index contributed by atoms with van der Waals surface area (Å²) in [6.45, 7) is 2.47. The van der Waals surface area contributed by atoms with Gasteiger partial charge >= 0.3 is 0 Å². The topological polar surface area (TPSA) is 84.2 Å². The van der Waals surface area contributed by atoms with Gasteiger partial charge in [-0.3, -0.25) is 9.59 Å². The minimum absolute atomic E-state index is 0. The van der Waals surface area contributed by atoms with E-state index in [9.17, 15) is 9.59 Å². The highest BCUT2D eigenvalue weighted by atomic mass is 35.5. The summed E-state index contributed by atoms with van der Waals surface area (Å²) >= 11 is 0. The molecule has 2 rings (SSSR count).